The highest BCUT2D eigenvalue weighted by molar-refractivity contribution is 5.95. The average Bonchev–Trinajstić information content (AvgIpc) is 2.45. The molecular weight excluding hydrogens is 258 g/mol. The SMILES string of the molecule is CCCNC(=O)C(C)NC(=O)c1cnc(NCC)cn1. The molecule has 1 aromatic heterocycles. The summed E-state index contributed by atoms with van der Waals surface area (Å²) in [4.78, 5) is 31.6. The van der Waals surface area contributed by atoms with E-state index in [4.69, 9.17) is 0 Å². The van der Waals surface area contributed by atoms with Crippen LogP contribution in [0.1, 0.15) is 37.7 Å². The molecule has 1 heterocycles. The van der Waals surface area contributed by atoms with Gasteiger partial charge >= 0.3 is 0 Å². The second-order valence-electron chi connectivity index (χ2n) is 4.30. The van der Waals surface area contributed by atoms with Gasteiger partial charge < -0.3 is 16.0 Å². The highest BCUT2D eigenvalue weighted by atomic mass is 16.2. The van der Waals surface area contributed by atoms with E-state index in [1.165, 1.54) is 12.4 Å². The second kappa shape index (κ2) is 8.08. The van der Waals surface area contributed by atoms with E-state index in [9.17, 15) is 9.59 Å². The van der Waals surface area contributed by atoms with E-state index < -0.39 is 11.9 Å². The Hall–Kier alpha value is -2.18. The number of carbonyl (C=O) groups is 2. The first-order valence-corrected chi connectivity index (χ1v) is 6.73. The zero-order chi connectivity index (χ0) is 15.0. The standard InChI is InChI=1S/C13H21N5O2/c1-4-6-15-12(19)9(3)18-13(20)10-7-17-11(8-16-10)14-5-2/h7-9H,4-6H2,1-3H3,(H,14,17)(H,15,19)(H,18,20). The van der Waals surface area contributed by atoms with Gasteiger partial charge in [0.15, 0.2) is 0 Å². The summed E-state index contributed by atoms with van der Waals surface area (Å²) in [5.74, 6) is -0.0186. The van der Waals surface area contributed by atoms with Crippen molar-refractivity contribution in [1.82, 2.24) is 20.6 Å². The van der Waals surface area contributed by atoms with E-state index >= 15 is 0 Å². The Bertz CT molecular complexity index is 447. The second-order valence-corrected chi connectivity index (χ2v) is 4.30. The number of nitrogens with one attached hydrogen (secondary N) is 3. The molecule has 1 unspecified atom stereocenters. The van der Waals surface area contributed by atoms with Crippen molar-refractivity contribution in [2.75, 3.05) is 18.4 Å². The van der Waals surface area contributed by atoms with Crippen LogP contribution in [-0.2, 0) is 4.79 Å². The molecule has 0 spiro atoms. The minimum Gasteiger partial charge on any atom is -0.369 e. The summed E-state index contributed by atoms with van der Waals surface area (Å²) in [6, 6.07) is -0.607. The Morgan fingerprint density at radius 3 is 2.55 bits per heavy atom. The Balaban J connectivity index is 2.55. The maximum Gasteiger partial charge on any atom is 0.272 e. The van der Waals surface area contributed by atoms with E-state index in [0.29, 0.717) is 12.4 Å². The average molecular weight is 279 g/mol. The minimum absolute atomic E-state index is 0.182. The molecule has 0 aliphatic rings. The third-order valence-corrected chi connectivity index (χ3v) is 2.53. The van der Waals surface area contributed by atoms with Gasteiger partial charge in [-0.25, -0.2) is 9.97 Å². The molecule has 0 bridgehead atoms. The van der Waals surface area contributed by atoms with Gasteiger partial charge in [0.1, 0.15) is 17.6 Å². The van der Waals surface area contributed by atoms with Crippen molar-refractivity contribution >= 4 is 17.6 Å². The predicted molar refractivity (Wildman–Crippen MR) is 76.4 cm³/mol. The van der Waals surface area contributed by atoms with Gasteiger partial charge in [0, 0.05) is 13.1 Å². The van der Waals surface area contributed by atoms with Crippen molar-refractivity contribution in [2.45, 2.75) is 33.2 Å². The van der Waals surface area contributed by atoms with Gasteiger partial charge in [-0.2, -0.15) is 0 Å². The maximum atomic E-state index is 11.9. The van der Waals surface area contributed by atoms with Crippen LogP contribution in [0.3, 0.4) is 0 Å². The van der Waals surface area contributed by atoms with Crippen molar-refractivity contribution in [3.63, 3.8) is 0 Å². The van der Waals surface area contributed by atoms with Gasteiger partial charge in [0.05, 0.1) is 12.4 Å². The molecule has 1 atom stereocenters. The molecule has 1 rings (SSSR count). The van der Waals surface area contributed by atoms with E-state index in [1.807, 2.05) is 13.8 Å². The highest BCUT2D eigenvalue weighted by Gasteiger charge is 2.16. The summed E-state index contributed by atoms with van der Waals surface area (Å²) >= 11 is 0. The van der Waals surface area contributed by atoms with Gasteiger partial charge in [0.2, 0.25) is 5.91 Å². The van der Waals surface area contributed by atoms with E-state index in [2.05, 4.69) is 25.9 Å². The molecule has 0 radical (unpaired) electrons. The normalized spacial score (nSPS) is 11.6. The summed E-state index contributed by atoms with van der Waals surface area (Å²) in [5, 5.41) is 8.28. The molecule has 0 saturated heterocycles. The third-order valence-electron chi connectivity index (χ3n) is 2.53. The van der Waals surface area contributed by atoms with E-state index in [1.54, 1.807) is 6.92 Å². The number of amides is 2. The Morgan fingerprint density at radius 2 is 2.00 bits per heavy atom. The monoisotopic (exact) mass is 279 g/mol. The third kappa shape index (κ3) is 4.83. The summed E-state index contributed by atoms with van der Waals surface area (Å²) < 4.78 is 0. The molecule has 2 amide bonds. The number of anilines is 1. The Morgan fingerprint density at radius 1 is 1.25 bits per heavy atom. The summed E-state index contributed by atoms with van der Waals surface area (Å²) in [7, 11) is 0. The van der Waals surface area contributed by atoms with E-state index in [0.717, 1.165) is 13.0 Å². The molecule has 7 nitrogen and oxygen atoms in total. The molecule has 7 heteroatoms. The van der Waals surface area contributed by atoms with Crippen LogP contribution in [0.5, 0.6) is 0 Å². The molecule has 3 N–H and O–H groups in total. The van der Waals surface area contributed by atoms with Gasteiger partial charge in [-0.3, -0.25) is 9.59 Å². The van der Waals surface area contributed by atoms with Gasteiger partial charge in [-0.05, 0) is 20.3 Å². The molecule has 0 aliphatic carbocycles. The smallest absolute Gasteiger partial charge is 0.272 e. The molecular formula is C13H21N5O2. The van der Waals surface area contributed by atoms with Crippen molar-refractivity contribution in [2.24, 2.45) is 0 Å². The van der Waals surface area contributed by atoms with Crippen LogP contribution in [0.25, 0.3) is 0 Å². The fourth-order valence-electron chi connectivity index (χ4n) is 1.46. The molecule has 1 aromatic rings. The summed E-state index contributed by atoms with van der Waals surface area (Å²) in [6.45, 7) is 6.86. The van der Waals surface area contributed by atoms with Crippen LogP contribution in [0.2, 0.25) is 0 Å². The maximum absolute atomic E-state index is 11.9. The topological polar surface area (TPSA) is 96.0 Å². The zero-order valence-electron chi connectivity index (χ0n) is 12.1. The van der Waals surface area contributed by atoms with Crippen LogP contribution in [0.15, 0.2) is 12.4 Å². The number of carbonyl (C=O) groups excluding carboxylic acids is 2. The first-order valence-electron chi connectivity index (χ1n) is 6.73. The fraction of sp³-hybridized carbons (Fsp3) is 0.538. The molecule has 0 saturated carbocycles. The number of hydrogen-bond donors (Lipinski definition) is 3. The number of aromatic nitrogens is 2. The van der Waals surface area contributed by atoms with Crippen LogP contribution in [0, 0.1) is 0 Å². The van der Waals surface area contributed by atoms with Crippen LogP contribution >= 0.6 is 0 Å². The molecule has 110 valence electrons. The van der Waals surface area contributed by atoms with Gasteiger partial charge in [-0.15, -0.1) is 0 Å². The van der Waals surface area contributed by atoms with Crippen molar-refractivity contribution in [3.05, 3.63) is 18.1 Å². The number of rotatable bonds is 7. The molecule has 0 aromatic carbocycles. The minimum atomic E-state index is -0.607. The quantitative estimate of drug-likeness (QED) is 0.677. The van der Waals surface area contributed by atoms with Crippen LogP contribution in [-0.4, -0.2) is 40.9 Å². The lowest BCUT2D eigenvalue weighted by Gasteiger charge is -2.13. The van der Waals surface area contributed by atoms with Crippen LogP contribution in [0.4, 0.5) is 5.82 Å². The molecule has 0 aliphatic heterocycles. The summed E-state index contributed by atoms with van der Waals surface area (Å²) in [6.07, 6.45) is 3.72. The lowest BCUT2D eigenvalue weighted by atomic mass is 10.3. The van der Waals surface area contributed by atoms with Crippen molar-refractivity contribution < 1.29 is 9.59 Å². The van der Waals surface area contributed by atoms with Gasteiger partial charge in [0.25, 0.3) is 5.91 Å². The van der Waals surface area contributed by atoms with Crippen molar-refractivity contribution in [3.8, 4) is 0 Å². The Kier molecular flexibility index (Phi) is 6.42. The first kappa shape index (κ1) is 15.9. The van der Waals surface area contributed by atoms with Gasteiger partial charge in [-0.1, -0.05) is 6.92 Å². The highest BCUT2D eigenvalue weighted by Crippen LogP contribution is 2.00. The first-order chi connectivity index (χ1) is 9.58. The summed E-state index contributed by atoms with van der Waals surface area (Å²) in [5.41, 5.74) is 0.182. The number of nitrogens with zero attached hydrogens (tertiary/aromatic N) is 2. The molecule has 20 heavy (non-hydrogen) atoms. The lowest BCUT2D eigenvalue weighted by molar-refractivity contribution is -0.122. The van der Waals surface area contributed by atoms with E-state index in [-0.39, 0.29) is 11.6 Å². The predicted octanol–water partition coefficient (Wildman–Crippen LogP) is 0.553. The van der Waals surface area contributed by atoms with Crippen LogP contribution < -0.4 is 16.0 Å². The van der Waals surface area contributed by atoms with Crippen molar-refractivity contribution in [1.29, 1.82) is 0 Å². The zero-order valence-corrected chi connectivity index (χ0v) is 12.1. The Labute approximate surface area is 118 Å². The lowest BCUT2D eigenvalue weighted by Crippen LogP contribution is -2.45. The fourth-order valence-corrected chi connectivity index (χ4v) is 1.46. The number of hydrogen-bond acceptors (Lipinski definition) is 5. The molecule has 0 fully saturated rings. The largest absolute Gasteiger partial charge is 0.369 e.